The van der Waals surface area contributed by atoms with E-state index in [4.69, 9.17) is 5.11 Å². The third-order valence-corrected chi connectivity index (χ3v) is 3.24. The first-order valence-electron chi connectivity index (χ1n) is 6.92. The van der Waals surface area contributed by atoms with Crippen LogP contribution >= 0.6 is 0 Å². The molecule has 0 radical (unpaired) electrons. The van der Waals surface area contributed by atoms with Crippen molar-refractivity contribution in [3.05, 3.63) is 29.8 Å². The Balaban J connectivity index is 2.68. The van der Waals surface area contributed by atoms with E-state index in [1.165, 1.54) is 11.3 Å². The highest BCUT2D eigenvalue weighted by atomic mass is 16.3. The van der Waals surface area contributed by atoms with Gasteiger partial charge < -0.3 is 15.3 Å². The van der Waals surface area contributed by atoms with Crippen molar-refractivity contribution < 1.29 is 5.11 Å². The largest absolute Gasteiger partial charge is 0.396 e. The van der Waals surface area contributed by atoms with E-state index in [9.17, 15) is 0 Å². The number of nitrogens with zero attached hydrogens (tertiary/aromatic N) is 1. The second-order valence-corrected chi connectivity index (χ2v) is 4.53. The van der Waals surface area contributed by atoms with Crippen molar-refractivity contribution in [1.82, 2.24) is 5.32 Å². The molecule has 1 unspecified atom stereocenters. The third kappa shape index (κ3) is 4.31. The van der Waals surface area contributed by atoms with Crippen molar-refractivity contribution in [3.8, 4) is 0 Å². The van der Waals surface area contributed by atoms with Gasteiger partial charge in [0.05, 0.1) is 0 Å². The number of benzene rings is 1. The molecule has 0 saturated heterocycles. The highest BCUT2D eigenvalue weighted by Gasteiger charge is 2.06. The number of rotatable bonds is 8. The Labute approximate surface area is 111 Å². The topological polar surface area (TPSA) is 35.5 Å². The average Bonchev–Trinajstić information content (AvgIpc) is 2.40. The van der Waals surface area contributed by atoms with Gasteiger partial charge in [-0.15, -0.1) is 0 Å². The minimum Gasteiger partial charge on any atom is -0.396 e. The zero-order valence-corrected chi connectivity index (χ0v) is 11.8. The van der Waals surface area contributed by atoms with Gasteiger partial charge >= 0.3 is 0 Å². The maximum atomic E-state index is 8.90. The molecule has 1 aromatic rings. The van der Waals surface area contributed by atoms with Gasteiger partial charge in [0.1, 0.15) is 0 Å². The molecule has 18 heavy (non-hydrogen) atoms. The van der Waals surface area contributed by atoms with Crippen LogP contribution in [0.5, 0.6) is 0 Å². The zero-order chi connectivity index (χ0) is 13.4. The number of nitrogens with one attached hydrogen (secondary N) is 1. The molecule has 0 amide bonds. The summed E-state index contributed by atoms with van der Waals surface area (Å²) in [4.78, 5) is 2.29. The Hall–Kier alpha value is -1.06. The molecule has 3 nitrogen and oxygen atoms in total. The molecule has 0 spiro atoms. The van der Waals surface area contributed by atoms with E-state index in [0.29, 0.717) is 6.04 Å². The first-order chi connectivity index (χ1) is 8.72. The van der Waals surface area contributed by atoms with Crippen LogP contribution in [0.3, 0.4) is 0 Å². The van der Waals surface area contributed by atoms with Crippen LogP contribution in [0.25, 0.3) is 0 Å². The lowest BCUT2D eigenvalue weighted by Gasteiger charge is -2.23. The van der Waals surface area contributed by atoms with Gasteiger partial charge in [0.25, 0.3) is 0 Å². The number of aliphatic hydroxyl groups excluding tert-OH is 1. The van der Waals surface area contributed by atoms with Crippen LogP contribution in [0.2, 0.25) is 0 Å². The summed E-state index contributed by atoms with van der Waals surface area (Å²) < 4.78 is 0. The molecule has 1 aromatic carbocycles. The number of aliphatic hydroxyl groups is 1. The second kappa shape index (κ2) is 8.11. The van der Waals surface area contributed by atoms with Crippen molar-refractivity contribution in [2.24, 2.45) is 0 Å². The first-order valence-corrected chi connectivity index (χ1v) is 6.92. The van der Waals surface area contributed by atoms with E-state index in [1.54, 1.807) is 0 Å². The highest BCUT2D eigenvalue weighted by molar-refractivity contribution is 5.47. The summed E-state index contributed by atoms with van der Waals surface area (Å²) in [5, 5.41) is 12.3. The third-order valence-electron chi connectivity index (χ3n) is 3.24. The molecule has 3 heteroatoms. The van der Waals surface area contributed by atoms with E-state index < -0.39 is 0 Å². The van der Waals surface area contributed by atoms with Gasteiger partial charge in [-0.1, -0.05) is 19.1 Å². The van der Waals surface area contributed by atoms with Crippen LogP contribution in [0.1, 0.15) is 38.8 Å². The number of hydrogen-bond acceptors (Lipinski definition) is 3. The second-order valence-electron chi connectivity index (χ2n) is 4.53. The summed E-state index contributed by atoms with van der Waals surface area (Å²) in [7, 11) is 0. The molecule has 1 rings (SSSR count). The molecule has 0 aliphatic heterocycles. The van der Waals surface area contributed by atoms with Crippen molar-refractivity contribution >= 4 is 5.69 Å². The van der Waals surface area contributed by atoms with Gasteiger partial charge in [0.2, 0.25) is 0 Å². The zero-order valence-electron chi connectivity index (χ0n) is 11.8. The maximum Gasteiger partial charge on any atom is 0.0447 e. The smallest absolute Gasteiger partial charge is 0.0447 e. The van der Waals surface area contributed by atoms with Gasteiger partial charge in [0.15, 0.2) is 0 Å². The predicted molar refractivity (Wildman–Crippen MR) is 78.1 cm³/mol. The molecule has 102 valence electrons. The molecule has 2 N–H and O–H groups in total. The molecule has 0 aliphatic rings. The molecular formula is C15H26N2O. The van der Waals surface area contributed by atoms with E-state index in [0.717, 1.165) is 26.1 Å². The van der Waals surface area contributed by atoms with Crippen LogP contribution in [0, 0.1) is 0 Å². The van der Waals surface area contributed by atoms with Crippen LogP contribution < -0.4 is 10.2 Å². The fourth-order valence-electron chi connectivity index (χ4n) is 2.13. The number of anilines is 1. The SMILES string of the molecule is CCNC(C)c1ccc(N(CC)CCCO)cc1. The van der Waals surface area contributed by atoms with E-state index in [2.05, 4.69) is 55.3 Å². The molecule has 0 heterocycles. The molecule has 0 saturated carbocycles. The van der Waals surface area contributed by atoms with Gasteiger partial charge in [-0.2, -0.15) is 0 Å². The molecule has 1 atom stereocenters. The van der Waals surface area contributed by atoms with Gasteiger partial charge in [0, 0.05) is 31.4 Å². The summed E-state index contributed by atoms with van der Waals surface area (Å²) in [5.74, 6) is 0. The van der Waals surface area contributed by atoms with E-state index in [1.807, 2.05) is 0 Å². The molecule has 0 fully saturated rings. The molecule has 0 bridgehead atoms. The minimum atomic E-state index is 0.256. The summed E-state index contributed by atoms with van der Waals surface area (Å²) in [6.07, 6.45) is 0.823. The standard InChI is InChI=1S/C15H26N2O/c1-4-16-13(3)14-7-9-15(10-8-14)17(5-2)11-6-12-18/h7-10,13,16,18H,4-6,11-12H2,1-3H3. The van der Waals surface area contributed by atoms with Crippen molar-refractivity contribution in [2.75, 3.05) is 31.1 Å². The van der Waals surface area contributed by atoms with E-state index >= 15 is 0 Å². The van der Waals surface area contributed by atoms with Crippen molar-refractivity contribution in [2.45, 2.75) is 33.2 Å². The fraction of sp³-hybridized carbons (Fsp3) is 0.600. The summed E-state index contributed by atoms with van der Waals surface area (Å²) in [5.41, 5.74) is 2.55. The Bertz CT molecular complexity index is 324. The summed E-state index contributed by atoms with van der Waals surface area (Å²) in [6.45, 7) is 9.58. The lowest BCUT2D eigenvalue weighted by Crippen LogP contribution is -2.24. The lowest BCUT2D eigenvalue weighted by atomic mass is 10.1. The van der Waals surface area contributed by atoms with Crippen LogP contribution in [-0.4, -0.2) is 31.3 Å². The fourth-order valence-corrected chi connectivity index (χ4v) is 2.13. The van der Waals surface area contributed by atoms with Crippen molar-refractivity contribution in [3.63, 3.8) is 0 Å². The Morgan fingerprint density at radius 1 is 1.22 bits per heavy atom. The summed E-state index contributed by atoms with van der Waals surface area (Å²) in [6, 6.07) is 9.11. The quantitative estimate of drug-likeness (QED) is 0.744. The molecule has 0 aliphatic carbocycles. The predicted octanol–water partition coefficient (Wildman–Crippen LogP) is 2.57. The first kappa shape index (κ1) is 15.0. The summed E-state index contributed by atoms with van der Waals surface area (Å²) >= 11 is 0. The average molecular weight is 250 g/mol. The highest BCUT2D eigenvalue weighted by Crippen LogP contribution is 2.19. The normalized spacial score (nSPS) is 12.4. The van der Waals surface area contributed by atoms with E-state index in [-0.39, 0.29) is 6.61 Å². The van der Waals surface area contributed by atoms with Gasteiger partial charge in [-0.3, -0.25) is 0 Å². The lowest BCUT2D eigenvalue weighted by molar-refractivity contribution is 0.289. The Kier molecular flexibility index (Phi) is 6.76. The monoisotopic (exact) mass is 250 g/mol. The number of hydrogen-bond donors (Lipinski definition) is 2. The van der Waals surface area contributed by atoms with Crippen LogP contribution in [0.15, 0.2) is 24.3 Å². The van der Waals surface area contributed by atoms with Gasteiger partial charge in [-0.25, -0.2) is 0 Å². The van der Waals surface area contributed by atoms with Gasteiger partial charge in [-0.05, 0) is 44.5 Å². The molecule has 0 aromatic heterocycles. The Morgan fingerprint density at radius 3 is 2.39 bits per heavy atom. The Morgan fingerprint density at radius 2 is 1.89 bits per heavy atom. The maximum absolute atomic E-state index is 8.90. The van der Waals surface area contributed by atoms with Crippen LogP contribution in [0.4, 0.5) is 5.69 Å². The minimum absolute atomic E-state index is 0.256. The van der Waals surface area contributed by atoms with Crippen molar-refractivity contribution in [1.29, 1.82) is 0 Å². The molecular weight excluding hydrogens is 224 g/mol. The van der Waals surface area contributed by atoms with Crippen LogP contribution in [-0.2, 0) is 0 Å².